The van der Waals surface area contributed by atoms with Crippen LogP contribution in [-0.2, 0) is 13.0 Å². The van der Waals surface area contributed by atoms with Crippen LogP contribution >= 0.6 is 0 Å². The SMILES string of the molecule is COc1cc2c(cc1OC)CN(C(=O)c1cc(C)c(C)o1)CC2. The molecule has 1 aromatic heterocycles. The average molecular weight is 315 g/mol. The number of nitrogens with zero attached hydrogens (tertiary/aromatic N) is 1. The topological polar surface area (TPSA) is 51.9 Å². The molecule has 0 unspecified atom stereocenters. The number of hydrogen-bond acceptors (Lipinski definition) is 4. The Bertz CT molecular complexity index is 728. The largest absolute Gasteiger partial charge is 0.493 e. The Balaban J connectivity index is 1.86. The minimum Gasteiger partial charge on any atom is -0.493 e. The van der Waals surface area contributed by atoms with E-state index in [1.807, 2.05) is 36.9 Å². The fraction of sp³-hybridized carbons (Fsp3) is 0.389. The molecule has 0 N–H and O–H groups in total. The summed E-state index contributed by atoms with van der Waals surface area (Å²) in [5.41, 5.74) is 3.28. The Kier molecular flexibility index (Phi) is 4.03. The summed E-state index contributed by atoms with van der Waals surface area (Å²) < 4.78 is 16.3. The van der Waals surface area contributed by atoms with Gasteiger partial charge < -0.3 is 18.8 Å². The highest BCUT2D eigenvalue weighted by Crippen LogP contribution is 2.33. The maximum absolute atomic E-state index is 12.6. The Morgan fingerprint density at radius 3 is 2.30 bits per heavy atom. The molecule has 5 heteroatoms. The first kappa shape index (κ1) is 15.5. The van der Waals surface area contributed by atoms with Crippen molar-refractivity contribution in [1.29, 1.82) is 0 Å². The second kappa shape index (κ2) is 5.99. The van der Waals surface area contributed by atoms with Gasteiger partial charge in [0.05, 0.1) is 14.2 Å². The summed E-state index contributed by atoms with van der Waals surface area (Å²) in [6, 6.07) is 5.76. The number of fused-ring (bicyclic) bond motifs is 1. The summed E-state index contributed by atoms with van der Waals surface area (Å²) in [4.78, 5) is 14.4. The zero-order valence-corrected chi connectivity index (χ0v) is 13.9. The molecule has 1 aromatic carbocycles. The number of rotatable bonds is 3. The van der Waals surface area contributed by atoms with Gasteiger partial charge >= 0.3 is 0 Å². The van der Waals surface area contributed by atoms with Crippen LogP contribution in [0.1, 0.15) is 33.0 Å². The number of carbonyl (C=O) groups is 1. The molecule has 2 aromatic rings. The van der Waals surface area contributed by atoms with Crippen molar-refractivity contribution in [2.75, 3.05) is 20.8 Å². The fourth-order valence-electron chi connectivity index (χ4n) is 2.89. The van der Waals surface area contributed by atoms with Crippen molar-refractivity contribution in [1.82, 2.24) is 4.90 Å². The van der Waals surface area contributed by atoms with Gasteiger partial charge in [0, 0.05) is 13.1 Å². The van der Waals surface area contributed by atoms with Crippen LogP contribution in [0.4, 0.5) is 0 Å². The lowest BCUT2D eigenvalue weighted by molar-refractivity contribution is 0.0700. The molecule has 23 heavy (non-hydrogen) atoms. The lowest BCUT2D eigenvalue weighted by Crippen LogP contribution is -2.35. The van der Waals surface area contributed by atoms with E-state index in [4.69, 9.17) is 13.9 Å². The Morgan fingerprint density at radius 1 is 1.09 bits per heavy atom. The van der Waals surface area contributed by atoms with Gasteiger partial charge in [-0.2, -0.15) is 0 Å². The number of hydrogen-bond donors (Lipinski definition) is 0. The van der Waals surface area contributed by atoms with E-state index in [9.17, 15) is 4.79 Å². The predicted octanol–water partition coefficient (Wildman–Crippen LogP) is 3.11. The van der Waals surface area contributed by atoms with Crippen LogP contribution in [0.5, 0.6) is 11.5 Å². The minimum atomic E-state index is -0.0679. The molecule has 1 amide bonds. The monoisotopic (exact) mass is 315 g/mol. The highest BCUT2D eigenvalue weighted by atomic mass is 16.5. The van der Waals surface area contributed by atoms with E-state index >= 15 is 0 Å². The molecule has 3 rings (SSSR count). The first-order chi connectivity index (χ1) is 11.0. The highest BCUT2D eigenvalue weighted by Gasteiger charge is 2.25. The second-order valence-corrected chi connectivity index (χ2v) is 5.80. The van der Waals surface area contributed by atoms with Crippen molar-refractivity contribution in [2.24, 2.45) is 0 Å². The number of carbonyl (C=O) groups excluding carboxylic acids is 1. The van der Waals surface area contributed by atoms with Gasteiger partial charge in [0.2, 0.25) is 0 Å². The third kappa shape index (κ3) is 2.79. The van der Waals surface area contributed by atoms with E-state index in [1.165, 1.54) is 5.56 Å². The average Bonchev–Trinajstić information content (AvgIpc) is 2.91. The Labute approximate surface area is 135 Å². The van der Waals surface area contributed by atoms with E-state index in [1.54, 1.807) is 14.2 Å². The lowest BCUT2D eigenvalue weighted by atomic mass is 9.98. The molecule has 0 saturated heterocycles. The van der Waals surface area contributed by atoms with Crippen molar-refractivity contribution in [3.63, 3.8) is 0 Å². The standard InChI is InChI=1S/C18H21NO4/c1-11-7-17(23-12(11)2)18(20)19-6-5-13-8-15(21-3)16(22-4)9-14(13)10-19/h7-9H,5-6,10H2,1-4H3. The van der Waals surface area contributed by atoms with Gasteiger partial charge in [0.15, 0.2) is 17.3 Å². The quantitative estimate of drug-likeness (QED) is 0.873. The van der Waals surface area contributed by atoms with E-state index in [2.05, 4.69) is 0 Å². The molecule has 5 nitrogen and oxygen atoms in total. The molecule has 0 atom stereocenters. The van der Waals surface area contributed by atoms with Gasteiger partial charge in [0.1, 0.15) is 5.76 Å². The number of benzene rings is 1. The summed E-state index contributed by atoms with van der Waals surface area (Å²) in [5, 5.41) is 0. The number of ether oxygens (including phenoxy) is 2. The second-order valence-electron chi connectivity index (χ2n) is 5.80. The predicted molar refractivity (Wildman–Crippen MR) is 86.2 cm³/mol. The van der Waals surface area contributed by atoms with E-state index in [0.717, 1.165) is 29.1 Å². The van der Waals surface area contributed by atoms with Gasteiger partial charge in [-0.25, -0.2) is 0 Å². The number of aryl methyl sites for hydroxylation is 2. The van der Waals surface area contributed by atoms with Gasteiger partial charge in [-0.05, 0) is 55.2 Å². The summed E-state index contributed by atoms with van der Waals surface area (Å²) in [7, 11) is 3.24. The van der Waals surface area contributed by atoms with Gasteiger partial charge in [-0.15, -0.1) is 0 Å². The molecular weight excluding hydrogens is 294 g/mol. The van der Waals surface area contributed by atoms with Crippen molar-refractivity contribution >= 4 is 5.91 Å². The first-order valence-electron chi connectivity index (χ1n) is 7.63. The number of amides is 1. The maximum atomic E-state index is 12.6. The summed E-state index contributed by atoms with van der Waals surface area (Å²) in [5.74, 6) is 2.54. The van der Waals surface area contributed by atoms with Crippen LogP contribution in [0.25, 0.3) is 0 Å². The number of methoxy groups -OCH3 is 2. The zero-order chi connectivity index (χ0) is 16.6. The van der Waals surface area contributed by atoms with Crippen LogP contribution in [-0.4, -0.2) is 31.6 Å². The molecule has 0 aliphatic carbocycles. The molecule has 0 bridgehead atoms. The fourth-order valence-corrected chi connectivity index (χ4v) is 2.89. The molecule has 0 radical (unpaired) electrons. The summed E-state index contributed by atoms with van der Waals surface area (Å²) >= 11 is 0. The zero-order valence-electron chi connectivity index (χ0n) is 13.9. The van der Waals surface area contributed by atoms with Crippen LogP contribution in [0.2, 0.25) is 0 Å². The van der Waals surface area contributed by atoms with Crippen LogP contribution < -0.4 is 9.47 Å². The molecule has 0 fully saturated rings. The van der Waals surface area contributed by atoms with Gasteiger partial charge in [0.25, 0.3) is 5.91 Å². The van der Waals surface area contributed by atoms with Gasteiger partial charge in [-0.1, -0.05) is 0 Å². The van der Waals surface area contributed by atoms with Crippen LogP contribution in [0.3, 0.4) is 0 Å². The number of furan rings is 1. The van der Waals surface area contributed by atoms with E-state index in [0.29, 0.717) is 24.6 Å². The molecule has 0 saturated carbocycles. The highest BCUT2D eigenvalue weighted by molar-refractivity contribution is 5.92. The van der Waals surface area contributed by atoms with Crippen molar-refractivity contribution in [3.05, 3.63) is 46.4 Å². The normalized spacial score (nSPS) is 13.7. The summed E-state index contributed by atoms with van der Waals surface area (Å²) in [6.07, 6.45) is 0.792. The van der Waals surface area contributed by atoms with Crippen molar-refractivity contribution in [2.45, 2.75) is 26.8 Å². The molecular formula is C18H21NO4. The summed E-state index contributed by atoms with van der Waals surface area (Å²) in [6.45, 7) is 5.03. The molecule has 2 heterocycles. The molecule has 122 valence electrons. The van der Waals surface area contributed by atoms with Crippen LogP contribution in [0.15, 0.2) is 22.6 Å². The molecule has 1 aliphatic heterocycles. The molecule has 0 spiro atoms. The van der Waals surface area contributed by atoms with E-state index in [-0.39, 0.29) is 5.91 Å². The van der Waals surface area contributed by atoms with Crippen molar-refractivity contribution < 1.29 is 18.7 Å². The Morgan fingerprint density at radius 2 is 1.74 bits per heavy atom. The van der Waals surface area contributed by atoms with Gasteiger partial charge in [-0.3, -0.25) is 4.79 Å². The first-order valence-corrected chi connectivity index (χ1v) is 7.63. The maximum Gasteiger partial charge on any atom is 0.289 e. The molecule has 1 aliphatic rings. The minimum absolute atomic E-state index is 0.0679. The third-order valence-electron chi connectivity index (χ3n) is 4.38. The smallest absolute Gasteiger partial charge is 0.289 e. The lowest BCUT2D eigenvalue weighted by Gasteiger charge is -2.29. The Hall–Kier alpha value is -2.43. The van der Waals surface area contributed by atoms with E-state index < -0.39 is 0 Å². The van der Waals surface area contributed by atoms with Crippen molar-refractivity contribution in [3.8, 4) is 11.5 Å². The third-order valence-corrected chi connectivity index (χ3v) is 4.38. The van der Waals surface area contributed by atoms with Crippen LogP contribution in [0, 0.1) is 13.8 Å².